The molecule has 0 bridgehead atoms. The molecule has 2 N–H and O–H groups in total. The molecule has 0 aromatic carbocycles. The Morgan fingerprint density at radius 3 is 2.53 bits per heavy atom. The number of aliphatic hydroxyl groups excluding tert-OH is 1. The molecule has 0 saturated carbocycles. The van der Waals surface area contributed by atoms with Gasteiger partial charge in [-0.1, -0.05) is 0 Å². The highest BCUT2D eigenvalue weighted by atomic mass is 16.2. The zero-order valence-corrected chi connectivity index (χ0v) is 11.1. The summed E-state index contributed by atoms with van der Waals surface area (Å²) < 4.78 is 0. The van der Waals surface area contributed by atoms with E-state index in [9.17, 15) is 4.79 Å². The van der Waals surface area contributed by atoms with Crippen LogP contribution in [0.15, 0.2) is 0 Å². The van der Waals surface area contributed by atoms with Gasteiger partial charge in [0, 0.05) is 25.7 Å². The van der Waals surface area contributed by atoms with E-state index < -0.39 is 0 Å². The van der Waals surface area contributed by atoms with Gasteiger partial charge in [-0.25, -0.2) is 0 Å². The number of likely N-dealkylation sites (tertiary alicyclic amines) is 1. The van der Waals surface area contributed by atoms with Crippen LogP contribution in [0.3, 0.4) is 0 Å². The lowest BCUT2D eigenvalue weighted by molar-refractivity contribution is -0.134. The number of nitrogens with one attached hydrogen (secondary N) is 1. The molecule has 2 unspecified atom stereocenters. The fraction of sp³-hybridized carbons (Fsp3) is 0.923. The highest BCUT2D eigenvalue weighted by Gasteiger charge is 2.22. The number of hydrogen-bond donors (Lipinski definition) is 2. The second-order valence-corrected chi connectivity index (χ2v) is 5.04. The number of amides is 1. The summed E-state index contributed by atoms with van der Waals surface area (Å²) >= 11 is 0. The summed E-state index contributed by atoms with van der Waals surface area (Å²) in [6.07, 6.45) is 5.22. The van der Waals surface area contributed by atoms with Crippen molar-refractivity contribution in [3.63, 3.8) is 0 Å². The quantitative estimate of drug-likeness (QED) is 0.734. The van der Waals surface area contributed by atoms with Gasteiger partial charge in [-0.2, -0.15) is 0 Å². The average molecular weight is 242 g/mol. The summed E-state index contributed by atoms with van der Waals surface area (Å²) in [6, 6.07) is 0.174. The second-order valence-electron chi connectivity index (χ2n) is 5.04. The van der Waals surface area contributed by atoms with E-state index in [-0.39, 0.29) is 24.6 Å². The van der Waals surface area contributed by atoms with Gasteiger partial charge in [0.15, 0.2) is 0 Å². The first-order chi connectivity index (χ1) is 8.15. The van der Waals surface area contributed by atoms with Crippen LogP contribution in [-0.2, 0) is 4.79 Å². The summed E-state index contributed by atoms with van der Waals surface area (Å²) in [5.74, 6) is 0.223. The number of aliphatic hydroxyl groups is 1. The lowest BCUT2D eigenvalue weighted by atomic mass is 10.1. The Kier molecular flexibility index (Phi) is 6.52. The number of piperidine rings is 1. The molecule has 4 heteroatoms. The molecule has 1 saturated heterocycles. The monoisotopic (exact) mass is 242 g/mol. The Labute approximate surface area is 104 Å². The predicted molar refractivity (Wildman–Crippen MR) is 68.8 cm³/mol. The molecule has 2 atom stereocenters. The molecule has 0 aromatic heterocycles. The van der Waals surface area contributed by atoms with E-state index in [1.165, 1.54) is 6.42 Å². The van der Waals surface area contributed by atoms with Crippen LogP contribution in [0.25, 0.3) is 0 Å². The van der Waals surface area contributed by atoms with Gasteiger partial charge in [0.25, 0.3) is 0 Å². The van der Waals surface area contributed by atoms with E-state index in [0.717, 1.165) is 38.8 Å². The zero-order valence-electron chi connectivity index (χ0n) is 11.1. The Morgan fingerprint density at radius 1 is 1.29 bits per heavy atom. The van der Waals surface area contributed by atoms with Gasteiger partial charge in [0.1, 0.15) is 0 Å². The second kappa shape index (κ2) is 7.67. The van der Waals surface area contributed by atoms with Gasteiger partial charge >= 0.3 is 0 Å². The van der Waals surface area contributed by atoms with Crippen molar-refractivity contribution in [3.05, 3.63) is 0 Å². The molecule has 1 aliphatic rings. The largest absolute Gasteiger partial charge is 0.396 e. The summed E-state index contributed by atoms with van der Waals surface area (Å²) in [5, 5.41) is 12.1. The molecule has 0 spiro atoms. The molecule has 0 radical (unpaired) electrons. The first-order valence-electron chi connectivity index (χ1n) is 6.81. The van der Waals surface area contributed by atoms with Crippen LogP contribution in [-0.4, -0.2) is 47.7 Å². The smallest absolute Gasteiger partial charge is 0.239 e. The van der Waals surface area contributed by atoms with Crippen LogP contribution in [0.5, 0.6) is 0 Å². The first-order valence-corrected chi connectivity index (χ1v) is 6.81. The molecule has 1 aliphatic heterocycles. The first kappa shape index (κ1) is 14.5. The number of carbonyl (C=O) groups excluding carboxylic acids is 1. The minimum atomic E-state index is -0.109. The van der Waals surface area contributed by atoms with Crippen molar-refractivity contribution in [2.75, 3.05) is 19.7 Å². The number of hydrogen-bond acceptors (Lipinski definition) is 3. The minimum Gasteiger partial charge on any atom is -0.396 e. The van der Waals surface area contributed by atoms with E-state index in [1.54, 1.807) is 0 Å². The standard InChI is InChI=1S/C13H26N2O2/c1-11(7-6-10-16)14-12(2)13(17)15-8-4-3-5-9-15/h11-12,14,16H,3-10H2,1-2H3. The summed E-state index contributed by atoms with van der Waals surface area (Å²) in [6.45, 7) is 6.05. The van der Waals surface area contributed by atoms with Crippen LogP contribution in [0.2, 0.25) is 0 Å². The Hall–Kier alpha value is -0.610. The Morgan fingerprint density at radius 2 is 1.94 bits per heavy atom. The van der Waals surface area contributed by atoms with Crippen molar-refractivity contribution in [2.24, 2.45) is 0 Å². The van der Waals surface area contributed by atoms with Gasteiger partial charge in [0.2, 0.25) is 5.91 Å². The van der Waals surface area contributed by atoms with Gasteiger partial charge in [-0.3, -0.25) is 4.79 Å². The maximum Gasteiger partial charge on any atom is 0.239 e. The van der Waals surface area contributed by atoms with Crippen LogP contribution >= 0.6 is 0 Å². The molecule has 1 amide bonds. The van der Waals surface area contributed by atoms with Crippen molar-refractivity contribution in [1.29, 1.82) is 0 Å². The predicted octanol–water partition coefficient (Wildman–Crippen LogP) is 1.14. The Balaban J connectivity index is 2.29. The summed E-state index contributed by atoms with van der Waals surface area (Å²) in [7, 11) is 0. The molecule has 100 valence electrons. The fourth-order valence-electron chi connectivity index (χ4n) is 2.37. The lowest BCUT2D eigenvalue weighted by Crippen LogP contribution is -2.49. The van der Waals surface area contributed by atoms with Crippen LogP contribution in [0, 0.1) is 0 Å². The fourth-order valence-corrected chi connectivity index (χ4v) is 2.37. The maximum atomic E-state index is 12.1. The van der Waals surface area contributed by atoms with Crippen molar-refractivity contribution in [3.8, 4) is 0 Å². The van der Waals surface area contributed by atoms with Gasteiger partial charge in [-0.15, -0.1) is 0 Å². The van der Waals surface area contributed by atoms with Crippen molar-refractivity contribution in [1.82, 2.24) is 10.2 Å². The minimum absolute atomic E-state index is 0.109. The van der Waals surface area contributed by atoms with Crippen molar-refractivity contribution in [2.45, 2.75) is 58.0 Å². The topological polar surface area (TPSA) is 52.6 Å². The lowest BCUT2D eigenvalue weighted by Gasteiger charge is -2.30. The molecular weight excluding hydrogens is 216 g/mol. The molecule has 0 aliphatic carbocycles. The van der Waals surface area contributed by atoms with Crippen molar-refractivity contribution < 1.29 is 9.90 Å². The third kappa shape index (κ3) is 5.04. The normalized spacial score (nSPS) is 20.1. The van der Waals surface area contributed by atoms with Crippen molar-refractivity contribution >= 4 is 5.91 Å². The number of carbonyl (C=O) groups is 1. The van der Waals surface area contributed by atoms with E-state index in [2.05, 4.69) is 12.2 Å². The number of nitrogens with zero attached hydrogens (tertiary/aromatic N) is 1. The highest BCUT2D eigenvalue weighted by Crippen LogP contribution is 2.10. The molecule has 1 rings (SSSR count). The number of rotatable bonds is 6. The highest BCUT2D eigenvalue weighted by molar-refractivity contribution is 5.81. The molecule has 4 nitrogen and oxygen atoms in total. The van der Waals surface area contributed by atoms with Crippen LogP contribution < -0.4 is 5.32 Å². The Bertz CT molecular complexity index is 227. The van der Waals surface area contributed by atoms with Gasteiger partial charge in [-0.05, 0) is 46.0 Å². The van der Waals surface area contributed by atoms with Gasteiger partial charge in [0.05, 0.1) is 6.04 Å². The van der Waals surface area contributed by atoms with E-state index >= 15 is 0 Å². The molecule has 1 heterocycles. The summed E-state index contributed by atoms with van der Waals surface area (Å²) in [5.41, 5.74) is 0. The summed E-state index contributed by atoms with van der Waals surface area (Å²) in [4.78, 5) is 14.1. The maximum absolute atomic E-state index is 12.1. The van der Waals surface area contributed by atoms with E-state index in [1.807, 2.05) is 11.8 Å². The molecule has 0 aromatic rings. The average Bonchev–Trinajstić information content (AvgIpc) is 2.36. The molecule has 1 fully saturated rings. The van der Waals surface area contributed by atoms with E-state index in [4.69, 9.17) is 5.11 Å². The van der Waals surface area contributed by atoms with Gasteiger partial charge < -0.3 is 15.3 Å². The SMILES string of the molecule is CC(CCCO)NC(C)C(=O)N1CCCCC1. The van der Waals surface area contributed by atoms with E-state index in [0.29, 0.717) is 0 Å². The molecule has 17 heavy (non-hydrogen) atoms. The third-order valence-corrected chi connectivity index (χ3v) is 3.37. The van der Waals surface area contributed by atoms with Crippen LogP contribution in [0.1, 0.15) is 46.0 Å². The van der Waals surface area contributed by atoms with Crippen LogP contribution in [0.4, 0.5) is 0 Å². The molecular formula is C13H26N2O2. The third-order valence-electron chi connectivity index (χ3n) is 3.37. The zero-order chi connectivity index (χ0) is 12.7.